The summed E-state index contributed by atoms with van der Waals surface area (Å²) in [6.45, 7) is 0. The summed E-state index contributed by atoms with van der Waals surface area (Å²) in [6, 6.07) is 42.1. The van der Waals surface area contributed by atoms with E-state index in [9.17, 15) is 0 Å². The molecule has 2 aromatic heterocycles. The van der Waals surface area contributed by atoms with Crippen LogP contribution in [-0.2, 0) is 0 Å². The average Bonchev–Trinajstić information content (AvgIpc) is 3.26. The van der Waals surface area contributed by atoms with E-state index in [0.717, 1.165) is 43.7 Å². The average molecular weight is 526 g/mol. The Bertz CT molecular complexity index is 1890. The van der Waals surface area contributed by atoms with E-state index in [2.05, 4.69) is 111 Å². The quantitative estimate of drug-likeness (QED) is 0.230. The van der Waals surface area contributed by atoms with Crippen molar-refractivity contribution in [3.8, 4) is 28.3 Å². The SMILES string of the molecule is Brc1ccc2c(c1)c1ccccc1n2-c1ccc(-c2nc(-c3ccccc3)c3ccccc3n2)cc1. The van der Waals surface area contributed by atoms with Crippen LogP contribution in [0.5, 0.6) is 0 Å². The van der Waals surface area contributed by atoms with Crippen molar-refractivity contribution < 1.29 is 0 Å². The maximum absolute atomic E-state index is 5.02. The van der Waals surface area contributed by atoms with Crippen LogP contribution in [0.25, 0.3) is 61.0 Å². The highest BCUT2D eigenvalue weighted by Gasteiger charge is 2.14. The van der Waals surface area contributed by atoms with Crippen molar-refractivity contribution in [1.29, 1.82) is 0 Å². The first kappa shape index (κ1) is 21.0. The predicted octanol–water partition coefficient (Wildman–Crippen LogP) is 8.82. The molecule has 0 amide bonds. The third-order valence-electron chi connectivity index (χ3n) is 6.67. The highest BCUT2D eigenvalue weighted by Crippen LogP contribution is 2.34. The zero-order chi connectivity index (χ0) is 24.1. The maximum Gasteiger partial charge on any atom is 0.160 e. The van der Waals surface area contributed by atoms with Gasteiger partial charge >= 0.3 is 0 Å². The molecule has 170 valence electrons. The number of hydrogen-bond donors (Lipinski definition) is 0. The highest BCUT2D eigenvalue weighted by atomic mass is 79.9. The first-order valence-electron chi connectivity index (χ1n) is 11.9. The molecular weight excluding hydrogens is 506 g/mol. The third-order valence-corrected chi connectivity index (χ3v) is 7.16. The fraction of sp³-hybridized carbons (Fsp3) is 0. The Balaban J connectivity index is 1.39. The minimum absolute atomic E-state index is 0.727. The number of nitrogens with zero attached hydrogens (tertiary/aromatic N) is 3. The fourth-order valence-corrected chi connectivity index (χ4v) is 5.37. The third kappa shape index (κ3) is 3.42. The van der Waals surface area contributed by atoms with Crippen LogP contribution in [0, 0.1) is 0 Å². The second-order valence-electron chi connectivity index (χ2n) is 8.84. The molecular formula is C32H20BrN3. The Hall–Kier alpha value is -4.28. The van der Waals surface area contributed by atoms with Crippen molar-refractivity contribution in [2.75, 3.05) is 0 Å². The molecule has 0 radical (unpaired) electrons. The maximum atomic E-state index is 5.02. The van der Waals surface area contributed by atoms with Crippen molar-refractivity contribution in [2.45, 2.75) is 0 Å². The Kier molecular flexibility index (Phi) is 4.93. The van der Waals surface area contributed by atoms with Gasteiger partial charge in [-0.15, -0.1) is 0 Å². The van der Waals surface area contributed by atoms with Crippen molar-refractivity contribution in [3.05, 3.63) is 126 Å². The second-order valence-corrected chi connectivity index (χ2v) is 9.76. The molecule has 0 saturated carbocycles. The molecule has 0 aliphatic carbocycles. The lowest BCUT2D eigenvalue weighted by molar-refractivity contribution is 1.17. The summed E-state index contributed by atoms with van der Waals surface area (Å²) < 4.78 is 3.40. The van der Waals surface area contributed by atoms with Gasteiger partial charge in [0, 0.05) is 37.4 Å². The van der Waals surface area contributed by atoms with Crippen LogP contribution in [0.15, 0.2) is 126 Å². The molecule has 2 heterocycles. The summed E-state index contributed by atoms with van der Waals surface area (Å²) in [5, 5.41) is 3.53. The smallest absolute Gasteiger partial charge is 0.160 e. The van der Waals surface area contributed by atoms with Gasteiger partial charge in [-0.05, 0) is 54.6 Å². The van der Waals surface area contributed by atoms with Gasteiger partial charge in [0.2, 0.25) is 0 Å². The first-order chi connectivity index (χ1) is 17.8. The van der Waals surface area contributed by atoms with Gasteiger partial charge < -0.3 is 4.57 Å². The van der Waals surface area contributed by atoms with Crippen LogP contribution < -0.4 is 0 Å². The van der Waals surface area contributed by atoms with Crippen LogP contribution in [0.2, 0.25) is 0 Å². The number of halogens is 1. The molecule has 7 rings (SSSR count). The van der Waals surface area contributed by atoms with Gasteiger partial charge in [-0.2, -0.15) is 0 Å². The number of benzene rings is 5. The number of hydrogen-bond acceptors (Lipinski definition) is 2. The standard InChI is InChI=1S/C32H20BrN3/c33-23-16-19-30-27(20-23)25-10-5-7-13-29(25)36(30)24-17-14-22(15-18-24)32-34-28-12-6-4-11-26(28)31(35-32)21-8-2-1-3-9-21/h1-20H. The van der Waals surface area contributed by atoms with Crippen molar-refractivity contribution in [3.63, 3.8) is 0 Å². The van der Waals surface area contributed by atoms with Crippen molar-refractivity contribution in [1.82, 2.24) is 14.5 Å². The summed E-state index contributed by atoms with van der Waals surface area (Å²) >= 11 is 3.64. The molecule has 0 bridgehead atoms. The number of rotatable bonds is 3. The van der Waals surface area contributed by atoms with Gasteiger partial charge in [0.15, 0.2) is 5.82 Å². The van der Waals surface area contributed by atoms with E-state index >= 15 is 0 Å². The fourth-order valence-electron chi connectivity index (χ4n) is 5.00. The molecule has 0 unspecified atom stereocenters. The van der Waals surface area contributed by atoms with E-state index in [4.69, 9.17) is 9.97 Å². The Morgan fingerprint density at radius 1 is 0.528 bits per heavy atom. The molecule has 36 heavy (non-hydrogen) atoms. The monoisotopic (exact) mass is 525 g/mol. The lowest BCUT2D eigenvalue weighted by atomic mass is 10.1. The molecule has 0 spiro atoms. The second kappa shape index (κ2) is 8.43. The van der Waals surface area contributed by atoms with Crippen LogP contribution in [-0.4, -0.2) is 14.5 Å². The Morgan fingerprint density at radius 2 is 1.22 bits per heavy atom. The minimum atomic E-state index is 0.727. The molecule has 7 aromatic rings. The molecule has 5 aromatic carbocycles. The van der Waals surface area contributed by atoms with E-state index in [1.165, 1.54) is 21.8 Å². The van der Waals surface area contributed by atoms with Crippen LogP contribution in [0.1, 0.15) is 0 Å². The summed E-state index contributed by atoms with van der Waals surface area (Å²) in [5.41, 5.74) is 7.45. The van der Waals surface area contributed by atoms with Crippen molar-refractivity contribution in [2.24, 2.45) is 0 Å². The zero-order valence-corrected chi connectivity index (χ0v) is 20.9. The largest absolute Gasteiger partial charge is 0.309 e. The van der Waals surface area contributed by atoms with Gasteiger partial charge in [-0.25, -0.2) is 9.97 Å². The number of para-hydroxylation sites is 2. The number of fused-ring (bicyclic) bond motifs is 4. The van der Waals surface area contributed by atoms with Crippen molar-refractivity contribution >= 4 is 48.6 Å². The molecule has 0 N–H and O–H groups in total. The van der Waals surface area contributed by atoms with E-state index in [1.807, 2.05) is 30.3 Å². The lowest BCUT2D eigenvalue weighted by Gasteiger charge is -2.11. The molecule has 4 heteroatoms. The highest BCUT2D eigenvalue weighted by molar-refractivity contribution is 9.10. The summed E-state index contributed by atoms with van der Waals surface area (Å²) in [6.07, 6.45) is 0. The van der Waals surface area contributed by atoms with Gasteiger partial charge in [-0.1, -0.05) is 82.7 Å². The van der Waals surface area contributed by atoms with E-state index in [0.29, 0.717) is 0 Å². The Labute approximate surface area is 216 Å². The predicted molar refractivity (Wildman–Crippen MR) is 152 cm³/mol. The van der Waals surface area contributed by atoms with E-state index < -0.39 is 0 Å². The summed E-state index contributed by atoms with van der Waals surface area (Å²) in [5.74, 6) is 0.727. The topological polar surface area (TPSA) is 30.7 Å². The molecule has 0 atom stereocenters. The minimum Gasteiger partial charge on any atom is -0.309 e. The van der Waals surface area contributed by atoms with E-state index in [-0.39, 0.29) is 0 Å². The van der Waals surface area contributed by atoms with Crippen LogP contribution >= 0.6 is 15.9 Å². The number of aromatic nitrogens is 3. The first-order valence-corrected chi connectivity index (χ1v) is 12.7. The van der Waals surface area contributed by atoms with Gasteiger partial charge in [0.05, 0.1) is 22.2 Å². The summed E-state index contributed by atoms with van der Waals surface area (Å²) in [4.78, 5) is 9.93. The molecule has 0 fully saturated rings. The zero-order valence-electron chi connectivity index (χ0n) is 19.3. The van der Waals surface area contributed by atoms with E-state index in [1.54, 1.807) is 0 Å². The molecule has 0 saturated heterocycles. The summed E-state index contributed by atoms with van der Waals surface area (Å²) in [7, 11) is 0. The molecule has 0 aliphatic rings. The lowest BCUT2D eigenvalue weighted by Crippen LogP contribution is -1.96. The van der Waals surface area contributed by atoms with Gasteiger partial charge in [0.1, 0.15) is 0 Å². The van der Waals surface area contributed by atoms with Gasteiger partial charge in [0.25, 0.3) is 0 Å². The van der Waals surface area contributed by atoms with Crippen LogP contribution in [0.3, 0.4) is 0 Å². The molecule has 3 nitrogen and oxygen atoms in total. The van der Waals surface area contributed by atoms with Gasteiger partial charge in [-0.3, -0.25) is 0 Å². The molecule has 0 aliphatic heterocycles. The normalized spacial score (nSPS) is 11.5. The Morgan fingerprint density at radius 3 is 2.06 bits per heavy atom. The van der Waals surface area contributed by atoms with Crippen LogP contribution in [0.4, 0.5) is 0 Å².